The molecule has 0 spiro atoms. The van der Waals surface area contributed by atoms with Crippen molar-refractivity contribution in [3.8, 4) is 0 Å². The molecule has 1 aromatic rings. The molecule has 14 heavy (non-hydrogen) atoms. The fraction of sp³-hybridized carbons (Fsp3) is 0.538. The molecular formula is C13H19N. The van der Waals surface area contributed by atoms with E-state index in [1.165, 1.54) is 24.0 Å². The van der Waals surface area contributed by atoms with Gasteiger partial charge in [-0.25, -0.2) is 0 Å². The predicted molar refractivity (Wildman–Crippen MR) is 60.3 cm³/mol. The smallest absolute Gasteiger partial charge is 0.0115 e. The molecule has 1 heteroatoms. The molecule has 1 saturated carbocycles. The normalized spacial score (nSPS) is 25.4. The molecule has 0 aromatic heterocycles. The Hall–Kier alpha value is -0.820. The summed E-state index contributed by atoms with van der Waals surface area (Å²) in [4.78, 5) is 0. The summed E-state index contributed by atoms with van der Waals surface area (Å²) in [5.41, 5.74) is 8.68. The average Bonchev–Trinajstić information content (AvgIpc) is 2.83. The van der Waals surface area contributed by atoms with Crippen LogP contribution in [0.25, 0.3) is 0 Å². The summed E-state index contributed by atoms with van der Waals surface area (Å²) in [5, 5.41) is 0. The van der Waals surface area contributed by atoms with Gasteiger partial charge in [0, 0.05) is 12.0 Å². The van der Waals surface area contributed by atoms with Crippen LogP contribution in [0, 0.1) is 5.92 Å². The maximum atomic E-state index is 5.82. The van der Waals surface area contributed by atoms with Gasteiger partial charge < -0.3 is 5.73 Å². The van der Waals surface area contributed by atoms with Gasteiger partial charge in [0.1, 0.15) is 0 Å². The Bertz CT molecular complexity index is 300. The van der Waals surface area contributed by atoms with Gasteiger partial charge >= 0.3 is 0 Å². The van der Waals surface area contributed by atoms with Crippen molar-refractivity contribution in [2.45, 2.75) is 38.6 Å². The van der Waals surface area contributed by atoms with Crippen LogP contribution in [0.1, 0.15) is 37.3 Å². The van der Waals surface area contributed by atoms with Gasteiger partial charge in [0.05, 0.1) is 0 Å². The zero-order chi connectivity index (χ0) is 10.1. The second-order valence-electron chi connectivity index (χ2n) is 4.85. The lowest BCUT2D eigenvalue weighted by Crippen LogP contribution is -2.01. The van der Waals surface area contributed by atoms with Crippen molar-refractivity contribution in [1.82, 2.24) is 0 Å². The number of nitrogens with two attached hydrogens (primary N) is 1. The molecule has 1 aromatic carbocycles. The van der Waals surface area contributed by atoms with E-state index in [4.69, 9.17) is 5.73 Å². The molecule has 76 valence electrons. The zero-order valence-corrected chi connectivity index (χ0v) is 9.03. The number of hydrogen-bond donors (Lipinski definition) is 1. The van der Waals surface area contributed by atoms with Crippen LogP contribution < -0.4 is 5.73 Å². The van der Waals surface area contributed by atoms with Crippen LogP contribution >= 0.6 is 0 Å². The van der Waals surface area contributed by atoms with Crippen LogP contribution in [-0.4, -0.2) is 6.04 Å². The van der Waals surface area contributed by atoms with Crippen molar-refractivity contribution in [1.29, 1.82) is 0 Å². The molecule has 2 N–H and O–H groups in total. The lowest BCUT2D eigenvalue weighted by Gasteiger charge is -2.05. The maximum Gasteiger partial charge on any atom is 0.0115 e. The van der Waals surface area contributed by atoms with E-state index in [1.807, 2.05) is 0 Å². The Kier molecular flexibility index (Phi) is 2.60. The molecule has 0 amide bonds. The highest BCUT2D eigenvalue weighted by molar-refractivity contribution is 5.30. The van der Waals surface area contributed by atoms with E-state index in [1.54, 1.807) is 0 Å². The number of rotatable bonds is 3. The molecule has 2 rings (SSSR count). The third kappa shape index (κ3) is 2.16. The first-order chi connectivity index (χ1) is 6.66. The average molecular weight is 189 g/mol. The van der Waals surface area contributed by atoms with E-state index >= 15 is 0 Å². The molecule has 0 saturated heterocycles. The minimum absolute atomic E-state index is 0.422. The molecule has 0 bridgehead atoms. The summed E-state index contributed by atoms with van der Waals surface area (Å²) in [6.07, 6.45) is 2.35. The van der Waals surface area contributed by atoms with Crippen molar-refractivity contribution in [3.63, 3.8) is 0 Å². The van der Waals surface area contributed by atoms with Crippen LogP contribution in [0.15, 0.2) is 24.3 Å². The molecule has 2 atom stereocenters. The summed E-state index contributed by atoms with van der Waals surface area (Å²) in [7, 11) is 0. The summed E-state index contributed by atoms with van der Waals surface area (Å²) in [6, 6.07) is 9.41. The summed E-state index contributed by atoms with van der Waals surface area (Å²) in [6.45, 7) is 4.51. The van der Waals surface area contributed by atoms with Gasteiger partial charge in [-0.2, -0.15) is 0 Å². The third-order valence-electron chi connectivity index (χ3n) is 2.89. The van der Waals surface area contributed by atoms with Crippen LogP contribution in [-0.2, 0) is 6.42 Å². The first-order valence-electron chi connectivity index (χ1n) is 5.51. The monoisotopic (exact) mass is 189 g/mol. The first-order valence-corrected chi connectivity index (χ1v) is 5.51. The fourth-order valence-electron chi connectivity index (χ4n) is 1.97. The van der Waals surface area contributed by atoms with E-state index in [9.17, 15) is 0 Å². The Morgan fingerprint density at radius 3 is 2.29 bits per heavy atom. The Labute approximate surface area is 86.3 Å². The summed E-state index contributed by atoms with van der Waals surface area (Å²) >= 11 is 0. The maximum absolute atomic E-state index is 5.82. The van der Waals surface area contributed by atoms with Gasteiger partial charge in [0.15, 0.2) is 0 Å². The number of hydrogen-bond acceptors (Lipinski definition) is 1. The first kappa shape index (κ1) is 9.72. The van der Waals surface area contributed by atoms with Crippen LogP contribution in [0.2, 0.25) is 0 Å². The highest BCUT2D eigenvalue weighted by Gasteiger charge is 2.34. The highest BCUT2D eigenvalue weighted by atomic mass is 14.7. The molecular weight excluding hydrogens is 170 g/mol. The fourth-order valence-corrected chi connectivity index (χ4v) is 1.97. The molecule has 0 aliphatic heterocycles. The van der Waals surface area contributed by atoms with Crippen molar-refractivity contribution in [3.05, 3.63) is 35.4 Å². The molecule has 1 aliphatic rings. The molecule has 0 heterocycles. The number of benzene rings is 1. The van der Waals surface area contributed by atoms with E-state index in [0.717, 1.165) is 5.92 Å². The molecule has 2 unspecified atom stereocenters. The lowest BCUT2D eigenvalue weighted by atomic mass is 10.0. The van der Waals surface area contributed by atoms with Gasteiger partial charge in [0.25, 0.3) is 0 Å². The topological polar surface area (TPSA) is 26.0 Å². The zero-order valence-electron chi connectivity index (χ0n) is 9.03. The molecule has 1 fully saturated rings. The molecule has 1 aliphatic carbocycles. The molecule has 0 radical (unpaired) electrons. The van der Waals surface area contributed by atoms with Gasteiger partial charge in [-0.3, -0.25) is 0 Å². The Morgan fingerprint density at radius 2 is 1.86 bits per heavy atom. The van der Waals surface area contributed by atoms with Crippen molar-refractivity contribution < 1.29 is 0 Å². The predicted octanol–water partition coefficient (Wildman–Crippen LogP) is 2.70. The largest absolute Gasteiger partial charge is 0.327 e. The Balaban J connectivity index is 2.03. The minimum Gasteiger partial charge on any atom is -0.327 e. The van der Waals surface area contributed by atoms with E-state index in [0.29, 0.717) is 12.0 Å². The van der Waals surface area contributed by atoms with E-state index in [2.05, 4.69) is 38.1 Å². The lowest BCUT2D eigenvalue weighted by molar-refractivity contribution is 0.647. The highest BCUT2D eigenvalue weighted by Crippen LogP contribution is 2.38. The second-order valence-corrected chi connectivity index (χ2v) is 4.85. The third-order valence-corrected chi connectivity index (χ3v) is 2.89. The van der Waals surface area contributed by atoms with Gasteiger partial charge in [-0.05, 0) is 29.9 Å². The molecule has 1 nitrogen and oxygen atoms in total. The second kappa shape index (κ2) is 3.74. The van der Waals surface area contributed by atoms with Crippen molar-refractivity contribution >= 4 is 0 Å². The quantitative estimate of drug-likeness (QED) is 0.777. The standard InChI is InChI=1S/C13H19N/c1-9(2)7-10-3-5-11(6-4-10)12-8-13(12)14/h3-6,9,12-13H,7-8,14H2,1-2H3. The van der Waals surface area contributed by atoms with Crippen LogP contribution in [0.4, 0.5) is 0 Å². The van der Waals surface area contributed by atoms with Gasteiger partial charge in [-0.1, -0.05) is 38.1 Å². The SMILES string of the molecule is CC(C)Cc1ccc(C2CC2N)cc1. The minimum atomic E-state index is 0.422. The van der Waals surface area contributed by atoms with Crippen molar-refractivity contribution in [2.75, 3.05) is 0 Å². The van der Waals surface area contributed by atoms with E-state index in [-0.39, 0.29) is 0 Å². The van der Waals surface area contributed by atoms with Crippen LogP contribution in [0.3, 0.4) is 0 Å². The van der Waals surface area contributed by atoms with Gasteiger partial charge in [-0.15, -0.1) is 0 Å². The summed E-state index contributed by atoms with van der Waals surface area (Å²) < 4.78 is 0. The van der Waals surface area contributed by atoms with Crippen molar-refractivity contribution in [2.24, 2.45) is 11.7 Å². The van der Waals surface area contributed by atoms with Crippen LogP contribution in [0.5, 0.6) is 0 Å². The summed E-state index contributed by atoms with van der Waals surface area (Å²) in [5.74, 6) is 1.38. The van der Waals surface area contributed by atoms with Gasteiger partial charge in [0.2, 0.25) is 0 Å². The Morgan fingerprint density at radius 1 is 1.29 bits per heavy atom. The van der Waals surface area contributed by atoms with E-state index < -0.39 is 0 Å².